The molecule has 1 aliphatic rings. The number of ether oxygens (including phenoxy) is 1. The van der Waals surface area contributed by atoms with Gasteiger partial charge < -0.3 is 20.7 Å². The molecule has 1 heterocycles. The summed E-state index contributed by atoms with van der Waals surface area (Å²) >= 11 is 0. The van der Waals surface area contributed by atoms with Crippen LogP contribution in [0.5, 0.6) is 5.75 Å². The smallest absolute Gasteiger partial charge is 0.248 e. The van der Waals surface area contributed by atoms with Crippen LogP contribution in [-0.4, -0.2) is 25.5 Å². The van der Waals surface area contributed by atoms with Crippen LogP contribution in [0.15, 0.2) is 48.5 Å². The summed E-state index contributed by atoms with van der Waals surface area (Å²) in [6.45, 7) is 2.32. The van der Waals surface area contributed by atoms with E-state index in [2.05, 4.69) is 5.32 Å². The monoisotopic (exact) mass is 403 g/mol. The zero-order valence-corrected chi connectivity index (χ0v) is 16.9. The number of methoxy groups -OCH3 is 1. The van der Waals surface area contributed by atoms with Crippen molar-refractivity contribution in [3.05, 3.63) is 54.1 Å². The number of benzene rings is 2. The molecule has 1 fully saturated rings. The van der Waals surface area contributed by atoms with Gasteiger partial charge in [-0.05, 0) is 43.5 Å². The minimum atomic E-state index is -1.18. The number of hydrogen-bond acceptors (Lipinski definition) is 4. The largest absolute Gasteiger partial charge is 0.495 e. The van der Waals surface area contributed by atoms with E-state index >= 15 is 0 Å². The van der Waals surface area contributed by atoms with Gasteiger partial charge in [-0.25, -0.2) is 0 Å². The summed E-state index contributed by atoms with van der Waals surface area (Å²) in [5.74, 6) is 0.340. The van der Waals surface area contributed by atoms with Gasteiger partial charge in [-0.3, -0.25) is 9.59 Å². The summed E-state index contributed by atoms with van der Waals surface area (Å²) in [7, 11) is 1.57. The standard InChI is InChI=1S/C21H25N3O3.ClH/c1-21(22,15-8-4-3-5-9-15)20(26)23-16-11-12-18(27-2)17(14-16)24-13-7-6-10-19(24)25;/h3-5,8-9,11-12,14H,6-7,10,13,22H2,1-2H3,(H,23,26);1H. The van der Waals surface area contributed by atoms with Gasteiger partial charge in [-0.1, -0.05) is 30.3 Å². The minimum Gasteiger partial charge on any atom is -0.495 e. The molecule has 1 atom stereocenters. The Bertz CT molecular complexity index is 840. The number of carbonyl (C=O) groups is 2. The Hall–Kier alpha value is -2.57. The molecule has 2 aromatic carbocycles. The second kappa shape index (κ2) is 9.08. The molecule has 3 rings (SSSR count). The highest BCUT2D eigenvalue weighted by Crippen LogP contribution is 2.34. The average Bonchev–Trinajstić information content (AvgIpc) is 2.69. The number of carbonyl (C=O) groups excluding carboxylic acids is 2. The van der Waals surface area contributed by atoms with Crippen molar-refractivity contribution in [2.75, 3.05) is 23.9 Å². The van der Waals surface area contributed by atoms with E-state index in [-0.39, 0.29) is 24.2 Å². The minimum absolute atomic E-state index is 0. The van der Waals surface area contributed by atoms with Gasteiger partial charge in [0.15, 0.2) is 0 Å². The summed E-state index contributed by atoms with van der Waals surface area (Å²) in [6, 6.07) is 14.5. The number of hydrogen-bond donors (Lipinski definition) is 2. The number of nitrogens with one attached hydrogen (secondary N) is 1. The zero-order chi connectivity index (χ0) is 19.4. The molecule has 6 nitrogen and oxygen atoms in total. The van der Waals surface area contributed by atoms with E-state index in [1.165, 1.54) is 0 Å². The van der Waals surface area contributed by atoms with Crippen molar-refractivity contribution in [3.63, 3.8) is 0 Å². The van der Waals surface area contributed by atoms with Gasteiger partial charge >= 0.3 is 0 Å². The maximum absolute atomic E-state index is 12.8. The van der Waals surface area contributed by atoms with E-state index in [1.807, 2.05) is 30.3 Å². The fourth-order valence-corrected chi connectivity index (χ4v) is 3.22. The lowest BCUT2D eigenvalue weighted by atomic mass is 9.92. The Kier molecular flexibility index (Phi) is 7.05. The number of rotatable bonds is 5. The van der Waals surface area contributed by atoms with Crippen LogP contribution in [0.25, 0.3) is 0 Å². The molecule has 1 aliphatic heterocycles. The molecular weight excluding hydrogens is 378 g/mol. The lowest BCUT2D eigenvalue weighted by Gasteiger charge is -2.29. The van der Waals surface area contributed by atoms with Crippen molar-refractivity contribution in [1.82, 2.24) is 0 Å². The number of piperidine rings is 1. The van der Waals surface area contributed by atoms with Gasteiger partial charge in [0.05, 0.1) is 12.8 Å². The normalized spacial score (nSPS) is 16.0. The van der Waals surface area contributed by atoms with Gasteiger partial charge in [0, 0.05) is 18.7 Å². The Balaban J connectivity index is 0.00000280. The van der Waals surface area contributed by atoms with Crippen molar-refractivity contribution in [2.24, 2.45) is 5.73 Å². The van der Waals surface area contributed by atoms with Crippen LogP contribution in [0, 0.1) is 0 Å². The highest BCUT2D eigenvalue weighted by atomic mass is 35.5. The first kappa shape index (κ1) is 21.7. The summed E-state index contributed by atoms with van der Waals surface area (Å²) in [5, 5.41) is 2.87. The van der Waals surface area contributed by atoms with Crippen LogP contribution in [0.2, 0.25) is 0 Å². The van der Waals surface area contributed by atoms with Crippen molar-refractivity contribution in [2.45, 2.75) is 31.7 Å². The van der Waals surface area contributed by atoms with Crippen LogP contribution in [0.4, 0.5) is 11.4 Å². The molecule has 2 aromatic rings. The van der Waals surface area contributed by atoms with E-state index in [0.29, 0.717) is 30.1 Å². The molecule has 28 heavy (non-hydrogen) atoms. The van der Waals surface area contributed by atoms with E-state index in [1.54, 1.807) is 37.1 Å². The van der Waals surface area contributed by atoms with Crippen LogP contribution in [0.3, 0.4) is 0 Å². The third kappa shape index (κ3) is 4.46. The Morgan fingerprint density at radius 1 is 1.18 bits per heavy atom. The maximum Gasteiger partial charge on any atom is 0.248 e. The maximum atomic E-state index is 12.8. The molecule has 0 bridgehead atoms. The number of halogens is 1. The number of nitrogens with two attached hydrogens (primary N) is 1. The summed E-state index contributed by atoms with van der Waals surface area (Å²) in [5.41, 5.74) is 7.07. The van der Waals surface area contributed by atoms with E-state index in [0.717, 1.165) is 18.4 Å². The van der Waals surface area contributed by atoms with Crippen molar-refractivity contribution < 1.29 is 14.3 Å². The summed E-state index contributed by atoms with van der Waals surface area (Å²) < 4.78 is 5.41. The third-order valence-corrected chi connectivity index (χ3v) is 4.90. The molecule has 7 heteroatoms. The highest BCUT2D eigenvalue weighted by Gasteiger charge is 2.31. The van der Waals surface area contributed by atoms with Crippen LogP contribution in [-0.2, 0) is 15.1 Å². The topological polar surface area (TPSA) is 84.7 Å². The SMILES string of the molecule is COc1ccc(NC(=O)C(C)(N)c2ccccc2)cc1N1CCCCC1=O.Cl. The van der Waals surface area contributed by atoms with Crippen LogP contribution >= 0.6 is 12.4 Å². The fraction of sp³-hybridized carbons (Fsp3) is 0.333. The van der Waals surface area contributed by atoms with Gasteiger partial charge in [0.2, 0.25) is 11.8 Å². The first-order valence-electron chi connectivity index (χ1n) is 9.08. The molecule has 0 aliphatic carbocycles. The first-order valence-corrected chi connectivity index (χ1v) is 9.08. The summed E-state index contributed by atoms with van der Waals surface area (Å²) in [6.07, 6.45) is 2.37. The van der Waals surface area contributed by atoms with Crippen molar-refractivity contribution >= 4 is 35.6 Å². The van der Waals surface area contributed by atoms with Crippen molar-refractivity contribution in [1.29, 1.82) is 0 Å². The van der Waals surface area contributed by atoms with Gasteiger partial charge in [0.1, 0.15) is 11.3 Å². The van der Waals surface area contributed by atoms with Gasteiger partial charge in [0.25, 0.3) is 0 Å². The van der Waals surface area contributed by atoms with E-state index in [9.17, 15) is 9.59 Å². The molecule has 1 saturated heterocycles. The molecule has 1 unspecified atom stereocenters. The van der Waals surface area contributed by atoms with E-state index in [4.69, 9.17) is 10.5 Å². The molecule has 150 valence electrons. The lowest BCUT2D eigenvalue weighted by molar-refractivity contribution is -0.121. The fourth-order valence-electron chi connectivity index (χ4n) is 3.22. The third-order valence-electron chi connectivity index (χ3n) is 4.90. The quantitative estimate of drug-likeness (QED) is 0.800. The predicted octanol–water partition coefficient (Wildman–Crippen LogP) is 3.45. The highest BCUT2D eigenvalue weighted by molar-refractivity contribution is 6.00. The Morgan fingerprint density at radius 2 is 1.89 bits per heavy atom. The molecule has 3 N–H and O–H groups in total. The molecule has 0 saturated carbocycles. The Labute approximate surface area is 171 Å². The lowest BCUT2D eigenvalue weighted by Crippen LogP contribution is -2.45. The van der Waals surface area contributed by atoms with Crippen LogP contribution in [0.1, 0.15) is 31.7 Å². The second-order valence-corrected chi connectivity index (χ2v) is 6.91. The Morgan fingerprint density at radius 3 is 2.54 bits per heavy atom. The predicted molar refractivity (Wildman–Crippen MR) is 113 cm³/mol. The van der Waals surface area contributed by atoms with Crippen LogP contribution < -0.4 is 20.7 Å². The van der Waals surface area contributed by atoms with E-state index < -0.39 is 5.54 Å². The number of nitrogens with zero attached hydrogens (tertiary/aromatic N) is 1. The molecule has 0 aromatic heterocycles. The summed E-state index contributed by atoms with van der Waals surface area (Å²) in [4.78, 5) is 26.8. The van der Waals surface area contributed by atoms with Gasteiger partial charge in [-0.15, -0.1) is 12.4 Å². The zero-order valence-electron chi connectivity index (χ0n) is 16.1. The average molecular weight is 404 g/mol. The number of anilines is 2. The second-order valence-electron chi connectivity index (χ2n) is 6.91. The molecule has 0 radical (unpaired) electrons. The molecule has 2 amide bonds. The molecular formula is C21H26ClN3O3. The molecule has 0 spiro atoms. The number of amides is 2. The van der Waals surface area contributed by atoms with Crippen molar-refractivity contribution in [3.8, 4) is 5.75 Å². The van der Waals surface area contributed by atoms with Gasteiger partial charge in [-0.2, -0.15) is 0 Å². The first-order chi connectivity index (χ1) is 12.9.